The third-order valence-electron chi connectivity index (χ3n) is 3.76. The number of nitrogens with zero attached hydrogens (tertiary/aromatic N) is 1. The van der Waals surface area contributed by atoms with E-state index in [1.54, 1.807) is 6.92 Å². The van der Waals surface area contributed by atoms with Gasteiger partial charge in [-0.1, -0.05) is 6.07 Å². The molecular formula is C15H18FNO5. The summed E-state index contributed by atoms with van der Waals surface area (Å²) in [6.07, 6.45) is -0.124. The number of carbonyl (C=O) groups excluding carboxylic acids is 1. The minimum atomic E-state index is -1.80. The fourth-order valence-electron chi connectivity index (χ4n) is 2.43. The Labute approximate surface area is 127 Å². The van der Waals surface area contributed by atoms with Crippen molar-refractivity contribution in [2.75, 3.05) is 19.7 Å². The zero-order valence-electron chi connectivity index (χ0n) is 12.2. The highest BCUT2D eigenvalue weighted by atomic mass is 19.1. The molecule has 0 radical (unpaired) electrons. The molecule has 1 aliphatic heterocycles. The first-order chi connectivity index (χ1) is 10.4. The number of carboxylic acids is 1. The lowest BCUT2D eigenvalue weighted by molar-refractivity contribution is -0.162. The lowest BCUT2D eigenvalue weighted by atomic mass is 9.91. The Morgan fingerprint density at radius 1 is 1.36 bits per heavy atom. The van der Waals surface area contributed by atoms with E-state index in [0.717, 1.165) is 0 Å². The van der Waals surface area contributed by atoms with Gasteiger partial charge in [0.25, 0.3) is 5.91 Å². The van der Waals surface area contributed by atoms with Crippen LogP contribution in [0.15, 0.2) is 18.2 Å². The van der Waals surface area contributed by atoms with Crippen LogP contribution in [-0.2, 0) is 4.79 Å². The fraction of sp³-hybridized carbons (Fsp3) is 0.467. The summed E-state index contributed by atoms with van der Waals surface area (Å²) in [6.45, 7) is 2.09. The number of aliphatic carboxylic acids is 1. The molecule has 0 saturated carbocycles. The summed E-state index contributed by atoms with van der Waals surface area (Å²) < 4.78 is 19.0. The molecule has 7 heteroatoms. The van der Waals surface area contributed by atoms with Crippen molar-refractivity contribution in [2.24, 2.45) is 0 Å². The first-order valence-electron chi connectivity index (χ1n) is 7.05. The second-order valence-corrected chi connectivity index (χ2v) is 5.18. The van der Waals surface area contributed by atoms with E-state index in [-0.39, 0.29) is 43.9 Å². The summed E-state index contributed by atoms with van der Waals surface area (Å²) in [7, 11) is 0. The van der Waals surface area contributed by atoms with Crippen molar-refractivity contribution in [1.82, 2.24) is 4.90 Å². The van der Waals surface area contributed by atoms with Crippen molar-refractivity contribution in [3.8, 4) is 5.75 Å². The van der Waals surface area contributed by atoms with E-state index in [4.69, 9.17) is 9.84 Å². The SMILES string of the molecule is CCOc1c(F)cccc1C(=O)N1CCC(O)(C(=O)O)CC1. The van der Waals surface area contributed by atoms with E-state index >= 15 is 0 Å². The number of ether oxygens (including phenoxy) is 1. The van der Waals surface area contributed by atoms with Crippen LogP contribution in [0.4, 0.5) is 4.39 Å². The van der Waals surface area contributed by atoms with E-state index in [1.165, 1.54) is 23.1 Å². The van der Waals surface area contributed by atoms with Crippen molar-refractivity contribution in [3.05, 3.63) is 29.6 Å². The van der Waals surface area contributed by atoms with Crippen LogP contribution in [0.5, 0.6) is 5.75 Å². The van der Waals surface area contributed by atoms with Crippen LogP contribution in [0.3, 0.4) is 0 Å². The minimum absolute atomic E-state index is 0.0621. The van der Waals surface area contributed by atoms with E-state index in [2.05, 4.69) is 0 Å². The summed E-state index contributed by atoms with van der Waals surface area (Å²) in [6, 6.07) is 4.10. The molecule has 2 rings (SSSR count). The minimum Gasteiger partial charge on any atom is -0.490 e. The number of para-hydroxylation sites is 1. The predicted molar refractivity (Wildman–Crippen MR) is 75.3 cm³/mol. The molecule has 1 amide bonds. The number of hydrogen-bond donors (Lipinski definition) is 2. The molecule has 0 unspecified atom stereocenters. The molecule has 0 spiro atoms. The number of rotatable bonds is 4. The number of halogens is 1. The largest absolute Gasteiger partial charge is 0.490 e. The van der Waals surface area contributed by atoms with Crippen LogP contribution < -0.4 is 4.74 Å². The number of likely N-dealkylation sites (tertiary alicyclic amines) is 1. The molecular weight excluding hydrogens is 293 g/mol. The Hall–Kier alpha value is -2.15. The van der Waals surface area contributed by atoms with E-state index < -0.39 is 23.3 Å². The Morgan fingerprint density at radius 2 is 2.00 bits per heavy atom. The number of benzene rings is 1. The zero-order chi connectivity index (χ0) is 16.3. The third-order valence-corrected chi connectivity index (χ3v) is 3.76. The summed E-state index contributed by atoms with van der Waals surface area (Å²) in [5.41, 5.74) is -1.70. The molecule has 0 atom stereocenters. The van der Waals surface area contributed by atoms with Crippen LogP contribution in [0.1, 0.15) is 30.1 Å². The number of carbonyl (C=O) groups is 2. The van der Waals surface area contributed by atoms with E-state index in [9.17, 15) is 19.1 Å². The smallest absolute Gasteiger partial charge is 0.335 e. The molecule has 1 saturated heterocycles. The Kier molecular flexibility index (Phi) is 4.65. The van der Waals surface area contributed by atoms with Gasteiger partial charge in [0.15, 0.2) is 17.2 Å². The standard InChI is InChI=1S/C15H18FNO5/c1-2-22-12-10(4-3-5-11(12)16)13(18)17-8-6-15(21,7-9-17)14(19)20/h3-5,21H,2,6-9H2,1H3,(H,19,20). The van der Waals surface area contributed by atoms with Crippen LogP contribution >= 0.6 is 0 Å². The summed E-state index contributed by atoms with van der Waals surface area (Å²) in [5.74, 6) is -2.45. The second-order valence-electron chi connectivity index (χ2n) is 5.18. The van der Waals surface area contributed by atoms with Gasteiger partial charge in [-0.3, -0.25) is 4.79 Å². The second kappa shape index (κ2) is 6.31. The van der Waals surface area contributed by atoms with Gasteiger partial charge >= 0.3 is 5.97 Å². The maximum Gasteiger partial charge on any atom is 0.335 e. The molecule has 1 aromatic rings. The fourth-order valence-corrected chi connectivity index (χ4v) is 2.43. The number of amides is 1. The lowest BCUT2D eigenvalue weighted by Crippen LogP contribution is -2.50. The highest BCUT2D eigenvalue weighted by Crippen LogP contribution is 2.28. The molecule has 22 heavy (non-hydrogen) atoms. The van der Waals surface area contributed by atoms with Gasteiger partial charge in [-0.2, -0.15) is 0 Å². The summed E-state index contributed by atoms with van der Waals surface area (Å²) >= 11 is 0. The molecule has 2 N–H and O–H groups in total. The van der Waals surface area contributed by atoms with E-state index in [1.807, 2.05) is 0 Å². The van der Waals surface area contributed by atoms with Crippen molar-refractivity contribution < 1.29 is 28.9 Å². The van der Waals surface area contributed by atoms with Crippen molar-refractivity contribution >= 4 is 11.9 Å². The quantitative estimate of drug-likeness (QED) is 0.874. The maximum absolute atomic E-state index is 13.8. The average Bonchev–Trinajstić information content (AvgIpc) is 2.49. The first-order valence-corrected chi connectivity index (χ1v) is 7.05. The van der Waals surface area contributed by atoms with Crippen LogP contribution in [0.2, 0.25) is 0 Å². The Morgan fingerprint density at radius 3 is 2.55 bits per heavy atom. The first kappa shape index (κ1) is 16.2. The van der Waals surface area contributed by atoms with Gasteiger partial charge in [-0.05, 0) is 19.1 Å². The number of aliphatic hydroxyl groups is 1. The third kappa shape index (κ3) is 3.04. The van der Waals surface area contributed by atoms with Gasteiger partial charge in [0, 0.05) is 25.9 Å². The monoisotopic (exact) mass is 311 g/mol. The predicted octanol–water partition coefficient (Wildman–Crippen LogP) is 1.28. The molecule has 1 fully saturated rings. The highest BCUT2D eigenvalue weighted by Gasteiger charge is 2.40. The zero-order valence-corrected chi connectivity index (χ0v) is 12.2. The van der Waals surface area contributed by atoms with Crippen LogP contribution in [-0.4, -0.2) is 52.3 Å². The maximum atomic E-state index is 13.8. The Balaban J connectivity index is 2.17. The summed E-state index contributed by atoms with van der Waals surface area (Å²) in [5, 5.41) is 18.8. The van der Waals surface area contributed by atoms with Crippen molar-refractivity contribution in [1.29, 1.82) is 0 Å². The normalized spacial score (nSPS) is 17.1. The molecule has 6 nitrogen and oxygen atoms in total. The van der Waals surface area contributed by atoms with Gasteiger partial charge in [-0.15, -0.1) is 0 Å². The van der Waals surface area contributed by atoms with Crippen LogP contribution in [0.25, 0.3) is 0 Å². The summed E-state index contributed by atoms with van der Waals surface area (Å²) in [4.78, 5) is 24.9. The van der Waals surface area contributed by atoms with E-state index in [0.29, 0.717) is 0 Å². The molecule has 0 bridgehead atoms. The number of piperidine rings is 1. The van der Waals surface area contributed by atoms with Crippen molar-refractivity contribution in [2.45, 2.75) is 25.4 Å². The van der Waals surface area contributed by atoms with Crippen molar-refractivity contribution in [3.63, 3.8) is 0 Å². The topological polar surface area (TPSA) is 87.1 Å². The van der Waals surface area contributed by atoms with Crippen LogP contribution in [0, 0.1) is 5.82 Å². The molecule has 120 valence electrons. The van der Waals surface area contributed by atoms with Gasteiger partial charge in [0.05, 0.1) is 12.2 Å². The number of hydrogen-bond acceptors (Lipinski definition) is 4. The highest BCUT2D eigenvalue weighted by molar-refractivity contribution is 5.97. The van der Waals surface area contributed by atoms with Gasteiger partial charge < -0.3 is 19.8 Å². The Bertz CT molecular complexity index is 581. The molecule has 1 heterocycles. The molecule has 1 aromatic carbocycles. The van der Waals surface area contributed by atoms with Gasteiger partial charge in [0.2, 0.25) is 0 Å². The van der Waals surface area contributed by atoms with Gasteiger partial charge in [-0.25, -0.2) is 9.18 Å². The molecule has 0 aromatic heterocycles. The number of carboxylic acid groups (broad SMARTS) is 1. The molecule has 0 aliphatic carbocycles. The lowest BCUT2D eigenvalue weighted by Gasteiger charge is -2.35. The average molecular weight is 311 g/mol. The van der Waals surface area contributed by atoms with Gasteiger partial charge in [0.1, 0.15) is 0 Å². The molecule has 1 aliphatic rings.